The third-order valence-corrected chi connectivity index (χ3v) is 22.7. The highest BCUT2D eigenvalue weighted by atomic mass is 31.2. The highest BCUT2D eigenvalue weighted by molar-refractivity contribution is 7.85. The number of hydrogen-bond acceptors (Lipinski definition) is 2. The van der Waals surface area contributed by atoms with Gasteiger partial charge < -0.3 is 0 Å². The van der Waals surface area contributed by atoms with E-state index in [1.165, 1.54) is 68.1 Å². The Morgan fingerprint density at radius 2 is 0.419 bits per heavy atom. The van der Waals surface area contributed by atoms with Crippen LogP contribution in [0.3, 0.4) is 0 Å². The van der Waals surface area contributed by atoms with E-state index in [-0.39, 0.29) is 0 Å². The van der Waals surface area contributed by atoms with Gasteiger partial charge in [0.15, 0.2) is 0 Å². The third-order valence-electron chi connectivity index (χ3n) is 11.8. The van der Waals surface area contributed by atoms with Crippen LogP contribution in [0.5, 0.6) is 0 Å². The van der Waals surface area contributed by atoms with E-state index in [2.05, 4.69) is 252 Å². The summed E-state index contributed by atoms with van der Waals surface area (Å²) < 4.78 is 6.03. The first-order chi connectivity index (χ1) is 30.8. The fourth-order valence-corrected chi connectivity index (χ4v) is 21.3. The molecule has 8 aromatic rings. The molecular weight excluding hydrogens is 825 g/mol. The van der Waals surface area contributed by atoms with E-state index in [1.807, 2.05) is 0 Å². The summed E-state index contributed by atoms with van der Waals surface area (Å²) in [5.74, 6) is 1.01. The molecule has 2 unspecified atom stereocenters. The molecule has 6 heteroatoms. The van der Waals surface area contributed by atoms with Crippen molar-refractivity contribution in [2.24, 2.45) is 11.8 Å². The van der Waals surface area contributed by atoms with Gasteiger partial charge in [-0.05, 0) is 67.1 Å². The minimum Gasteiger partial charge on any atom is -0.244 e. The largest absolute Gasteiger partial charge is 0.244 e. The number of rotatable bonds is 16. The van der Waals surface area contributed by atoms with Gasteiger partial charge in [-0.3, -0.25) is 0 Å². The number of hydrogen-bond donors (Lipinski definition) is 0. The predicted molar refractivity (Wildman–Crippen MR) is 275 cm³/mol. The molecule has 1 aliphatic carbocycles. The van der Waals surface area contributed by atoms with E-state index in [9.17, 15) is 0 Å². The summed E-state index contributed by atoms with van der Waals surface area (Å²) in [6.45, 7) is 2.07. The number of nitrogens with zero attached hydrogens (tertiary/aromatic N) is 2. The van der Waals surface area contributed by atoms with Crippen molar-refractivity contribution in [2.75, 3.05) is 13.1 Å². The van der Waals surface area contributed by atoms with Crippen molar-refractivity contribution < 1.29 is 0 Å². The Morgan fingerprint density at radius 3 is 0.581 bits per heavy atom. The van der Waals surface area contributed by atoms with Gasteiger partial charge in [-0.15, -0.1) is 0 Å². The van der Waals surface area contributed by atoms with Crippen molar-refractivity contribution in [3.05, 3.63) is 243 Å². The van der Waals surface area contributed by atoms with E-state index >= 15 is 0 Å². The minimum absolute atomic E-state index is 0.507. The molecule has 2 nitrogen and oxygen atoms in total. The summed E-state index contributed by atoms with van der Waals surface area (Å²) in [6.07, 6.45) is 5.02. The van der Waals surface area contributed by atoms with Crippen molar-refractivity contribution in [2.45, 2.75) is 25.7 Å². The molecule has 62 heavy (non-hydrogen) atoms. The lowest BCUT2D eigenvalue weighted by molar-refractivity contribution is 0.212. The standard InChI is InChI=1S/C56H54N2P4/c1-9-29-49(30-10-1)59(50-31-11-2-12-32-50)57(60(51-33-13-3-14-34-51)52-35-15-4-16-36-52)45-47-27-25-26-28-48(47)46-58(61(53-37-17-5-18-38-53)54-39-19-6-20-40-54)62(55-41-21-7-22-42-55)56-43-23-8-24-44-56/h1-24,29-44,47-48H,25-28,45-46H2. The Labute approximate surface area is 374 Å². The molecular formula is C56H54N2P4. The number of benzene rings is 8. The van der Waals surface area contributed by atoms with Crippen LogP contribution in [0.1, 0.15) is 25.7 Å². The maximum absolute atomic E-state index is 3.02. The molecule has 0 aliphatic heterocycles. The maximum Gasteiger partial charge on any atom is 0.0323 e. The van der Waals surface area contributed by atoms with Crippen LogP contribution in [0, 0.1) is 11.8 Å². The molecule has 1 saturated carbocycles. The molecule has 0 saturated heterocycles. The Balaban J connectivity index is 1.20. The van der Waals surface area contributed by atoms with Gasteiger partial charge >= 0.3 is 0 Å². The average molecular weight is 879 g/mol. The van der Waals surface area contributed by atoms with Gasteiger partial charge in [0.2, 0.25) is 0 Å². The normalized spacial score (nSPS) is 15.5. The van der Waals surface area contributed by atoms with Gasteiger partial charge in [-0.25, -0.2) is 8.88 Å². The second-order valence-electron chi connectivity index (χ2n) is 15.8. The molecule has 9 rings (SSSR count). The second kappa shape index (κ2) is 21.7. The molecule has 0 aromatic heterocycles. The van der Waals surface area contributed by atoms with Crippen molar-refractivity contribution in [3.63, 3.8) is 0 Å². The van der Waals surface area contributed by atoms with Gasteiger partial charge in [0.1, 0.15) is 0 Å². The molecule has 0 amide bonds. The highest BCUT2D eigenvalue weighted by Gasteiger charge is 2.39. The lowest BCUT2D eigenvalue weighted by atomic mass is 9.79. The van der Waals surface area contributed by atoms with Crippen molar-refractivity contribution in [1.82, 2.24) is 8.88 Å². The lowest BCUT2D eigenvalue weighted by Crippen LogP contribution is -2.41. The van der Waals surface area contributed by atoms with E-state index < -0.39 is 32.3 Å². The van der Waals surface area contributed by atoms with Crippen LogP contribution >= 0.6 is 32.3 Å². The Bertz CT molecular complexity index is 2000. The predicted octanol–water partition coefficient (Wildman–Crippen LogP) is 11.6. The van der Waals surface area contributed by atoms with Crippen LogP contribution in [-0.2, 0) is 0 Å². The first kappa shape index (κ1) is 42.7. The van der Waals surface area contributed by atoms with Crippen LogP contribution < -0.4 is 42.4 Å². The quantitative estimate of drug-likeness (QED) is 0.0893. The van der Waals surface area contributed by atoms with Crippen LogP contribution in [0.4, 0.5) is 0 Å². The zero-order valence-corrected chi connectivity index (χ0v) is 38.8. The maximum atomic E-state index is 3.02. The van der Waals surface area contributed by atoms with Crippen molar-refractivity contribution in [1.29, 1.82) is 0 Å². The first-order valence-electron chi connectivity index (χ1n) is 22.0. The molecule has 0 radical (unpaired) electrons. The highest BCUT2D eigenvalue weighted by Crippen LogP contribution is 2.58. The average Bonchev–Trinajstić information content (AvgIpc) is 3.35. The molecule has 1 aliphatic rings. The van der Waals surface area contributed by atoms with E-state index in [4.69, 9.17) is 0 Å². The van der Waals surface area contributed by atoms with E-state index in [0.717, 1.165) is 13.1 Å². The van der Waals surface area contributed by atoms with E-state index in [0.29, 0.717) is 11.8 Å². The Kier molecular flexibility index (Phi) is 14.9. The molecule has 0 heterocycles. The van der Waals surface area contributed by atoms with E-state index in [1.54, 1.807) is 0 Å². The molecule has 0 spiro atoms. The minimum atomic E-state index is -0.878. The summed E-state index contributed by atoms with van der Waals surface area (Å²) in [5.41, 5.74) is 0. The van der Waals surface area contributed by atoms with Crippen LogP contribution in [0.25, 0.3) is 0 Å². The topological polar surface area (TPSA) is 6.48 Å². The molecule has 2 atom stereocenters. The van der Waals surface area contributed by atoms with Crippen molar-refractivity contribution in [3.8, 4) is 0 Å². The van der Waals surface area contributed by atoms with Crippen LogP contribution in [0.15, 0.2) is 243 Å². The zero-order valence-electron chi connectivity index (χ0n) is 35.2. The summed E-state index contributed by atoms with van der Waals surface area (Å²) in [6, 6.07) is 91.4. The zero-order chi connectivity index (χ0) is 41.8. The SMILES string of the molecule is c1ccc(P(c2ccccc2)N(CC2CCCCC2CN(P(c2ccccc2)c2ccccc2)P(c2ccccc2)c2ccccc2)P(c2ccccc2)c2ccccc2)cc1. The lowest BCUT2D eigenvalue weighted by Gasteiger charge is -2.46. The monoisotopic (exact) mass is 878 g/mol. The van der Waals surface area contributed by atoms with Gasteiger partial charge in [-0.2, -0.15) is 0 Å². The molecule has 0 bridgehead atoms. The van der Waals surface area contributed by atoms with Gasteiger partial charge in [-0.1, -0.05) is 255 Å². The Hall–Kier alpha value is -4.60. The molecule has 0 N–H and O–H groups in total. The molecule has 1 fully saturated rings. The fourth-order valence-electron chi connectivity index (χ4n) is 8.91. The Morgan fingerprint density at radius 1 is 0.258 bits per heavy atom. The fraction of sp³-hybridized carbons (Fsp3) is 0.143. The van der Waals surface area contributed by atoms with Crippen LogP contribution in [0.2, 0.25) is 0 Å². The molecule has 8 aromatic carbocycles. The van der Waals surface area contributed by atoms with Gasteiger partial charge in [0.05, 0.1) is 0 Å². The van der Waals surface area contributed by atoms with Gasteiger partial charge in [0, 0.05) is 45.4 Å². The summed E-state index contributed by atoms with van der Waals surface area (Å²) in [4.78, 5) is 0. The summed E-state index contributed by atoms with van der Waals surface area (Å²) in [7, 11) is -3.51. The smallest absolute Gasteiger partial charge is 0.0323 e. The molecule has 308 valence electrons. The second-order valence-corrected chi connectivity index (χ2v) is 25.0. The first-order valence-corrected chi connectivity index (χ1v) is 27.2. The van der Waals surface area contributed by atoms with Crippen molar-refractivity contribution >= 4 is 74.7 Å². The summed E-state index contributed by atoms with van der Waals surface area (Å²) >= 11 is 0. The third kappa shape index (κ3) is 10.3. The van der Waals surface area contributed by atoms with Crippen LogP contribution in [-0.4, -0.2) is 22.0 Å². The van der Waals surface area contributed by atoms with Gasteiger partial charge in [0.25, 0.3) is 0 Å². The summed E-state index contributed by atoms with van der Waals surface area (Å²) in [5, 5.41) is 11.3.